The van der Waals surface area contributed by atoms with Gasteiger partial charge in [0.1, 0.15) is 5.75 Å². The van der Waals surface area contributed by atoms with E-state index in [0.717, 1.165) is 0 Å². The van der Waals surface area contributed by atoms with Gasteiger partial charge in [-0.1, -0.05) is 22.0 Å². The molecule has 1 N–H and O–H groups in total. The third kappa shape index (κ3) is 2.93. The molecule has 0 saturated carbocycles. The Morgan fingerprint density at radius 2 is 2.15 bits per heavy atom. The van der Waals surface area contributed by atoms with Crippen LogP contribution in [0, 0.1) is 0 Å². The summed E-state index contributed by atoms with van der Waals surface area (Å²) in [6.45, 7) is -3.20. The Kier molecular flexibility index (Phi) is 3.62. The Morgan fingerprint density at radius 3 is 2.69 bits per heavy atom. The van der Waals surface area contributed by atoms with Crippen molar-refractivity contribution in [1.29, 1.82) is 0 Å². The zero-order chi connectivity index (χ0) is 9.84. The zero-order valence-corrected chi connectivity index (χ0v) is 8.09. The molecule has 0 aromatic heterocycles. The fourth-order valence-corrected chi connectivity index (χ4v) is 1.20. The van der Waals surface area contributed by atoms with Crippen molar-refractivity contribution in [3.8, 4) is 5.75 Å². The molecule has 0 amide bonds. The Balaban J connectivity index is 2.94. The van der Waals surface area contributed by atoms with Crippen molar-refractivity contribution >= 4 is 15.9 Å². The van der Waals surface area contributed by atoms with Crippen LogP contribution in [-0.4, -0.2) is 11.7 Å². The van der Waals surface area contributed by atoms with E-state index in [2.05, 4.69) is 20.7 Å². The lowest BCUT2D eigenvalue weighted by Crippen LogP contribution is -2.04. The van der Waals surface area contributed by atoms with Crippen molar-refractivity contribution < 1.29 is 18.6 Å². The van der Waals surface area contributed by atoms with Crippen LogP contribution in [0.3, 0.4) is 0 Å². The first kappa shape index (κ1) is 10.4. The van der Waals surface area contributed by atoms with Crippen LogP contribution in [0.1, 0.15) is 5.56 Å². The molecular formula is C8H7BrF2O2. The molecule has 1 rings (SSSR count). The molecule has 0 aliphatic heterocycles. The maximum Gasteiger partial charge on any atom is 0.387 e. The number of rotatable bonds is 3. The summed E-state index contributed by atoms with van der Waals surface area (Å²) in [4.78, 5) is 0. The minimum Gasteiger partial charge on any atom is -0.434 e. The van der Waals surface area contributed by atoms with Gasteiger partial charge >= 0.3 is 6.61 Å². The van der Waals surface area contributed by atoms with Crippen molar-refractivity contribution in [3.63, 3.8) is 0 Å². The van der Waals surface area contributed by atoms with Gasteiger partial charge in [-0.05, 0) is 12.1 Å². The van der Waals surface area contributed by atoms with E-state index < -0.39 is 6.61 Å². The first-order chi connectivity index (χ1) is 6.13. The Hall–Kier alpha value is -0.680. The van der Waals surface area contributed by atoms with Crippen molar-refractivity contribution in [2.75, 3.05) is 0 Å². The number of hydrogen-bond acceptors (Lipinski definition) is 2. The molecule has 0 atom stereocenters. The summed E-state index contributed by atoms with van der Waals surface area (Å²) in [5, 5.41) is 8.78. The molecule has 0 heterocycles. The molecule has 0 radical (unpaired) electrons. The molecular weight excluding hydrogens is 246 g/mol. The molecule has 0 aliphatic rings. The summed E-state index contributed by atoms with van der Waals surface area (Å²) in [5.74, 6) is -0.00752. The van der Waals surface area contributed by atoms with Crippen LogP contribution in [-0.2, 0) is 6.61 Å². The lowest BCUT2D eigenvalue weighted by atomic mass is 10.2. The monoisotopic (exact) mass is 252 g/mol. The molecule has 1 aromatic carbocycles. The highest BCUT2D eigenvalue weighted by Crippen LogP contribution is 2.25. The Labute approximate surface area is 82.3 Å². The Morgan fingerprint density at radius 1 is 1.46 bits per heavy atom. The average Bonchev–Trinajstić information content (AvgIpc) is 2.03. The summed E-state index contributed by atoms with van der Waals surface area (Å²) in [7, 11) is 0. The van der Waals surface area contributed by atoms with Crippen LogP contribution in [0.15, 0.2) is 22.7 Å². The molecule has 5 heteroatoms. The summed E-state index contributed by atoms with van der Waals surface area (Å²) in [6, 6.07) is 4.55. The van der Waals surface area contributed by atoms with E-state index in [1.54, 1.807) is 6.07 Å². The third-order valence-corrected chi connectivity index (χ3v) is 1.91. The predicted octanol–water partition coefficient (Wildman–Crippen LogP) is 2.54. The summed E-state index contributed by atoms with van der Waals surface area (Å²) >= 11 is 3.11. The molecule has 0 spiro atoms. The molecule has 0 unspecified atom stereocenters. The van der Waals surface area contributed by atoms with Gasteiger partial charge in [-0.25, -0.2) is 0 Å². The molecule has 0 aliphatic carbocycles. The average molecular weight is 253 g/mol. The van der Waals surface area contributed by atoms with E-state index in [-0.39, 0.29) is 12.4 Å². The van der Waals surface area contributed by atoms with Crippen molar-refractivity contribution in [3.05, 3.63) is 28.2 Å². The first-order valence-corrected chi connectivity index (χ1v) is 4.27. The highest BCUT2D eigenvalue weighted by atomic mass is 79.9. The second kappa shape index (κ2) is 4.53. The largest absolute Gasteiger partial charge is 0.434 e. The van der Waals surface area contributed by atoms with Crippen LogP contribution in [0.4, 0.5) is 8.78 Å². The van der Waals surface area contributed by atoms with Gasteiger partial charge in [-0.3, -0.25) is 0 Å². The number of benzene rings is 1. The Bertz CT molecular complexity index is 291. The van der Waals surface area contributed by atoms with Crippen LogP contribution in [0.25, 0.3) is 0 Å². The SMILES string of the molecule is OCc1ccc(Br)cc1OC(F)F. The van der Waals surface area contributed by atoms with Crippen LogP contribution in [0.5, 0.6) is 5.75 Å². The van der Waals surface area contributed by atoms with E-state index in [0.29, 0.717) is 10.0 Å². The second-order valence-electron chi connectivity index (χ2n) is 2.29. The van der Waals surface area contributed by atoms with Crippen LogP contribution < -0.4 is 4.74 Å². The van der Waals surface area contributed by atoms with Crippen LogP contribution >= 0.6 is 15.9 Å². The number of halogens is 3. The lowest BCUT2D eigenvalue weighted by Gasteiger charge is -2.08. The zero-order valence-electron chi connectivity index (χ0n) is 6.51. The fourth-order valence-electron chi connectivity index (χ4n) is 0.865. The topological polar surface area (TPSA) is 29.5 Å². The van der Waals surface area contributed by atoms with Gasteiger partial charge in [0.25, 0.3) is 0 Å². The van der Waals surface area contributed by atoms with E-state index in [1.165, 1.54) is 12.1 Å². The van der Waals surface area contributed by atoms with Gasteiger partial charge in [0, 0.05) is 10.0 Å². The standard InChI is InChI=1S/C8H7BrF2O2/c9-6-2-1-5(4-12)7(3-6)13-8(10)11/h1-3,8,12H,4H2. The maximum absolute atomic E-state index is 11.8. The summed E-state index contributed by atoms with van der Waals surface area (Å²) < 4.78 is 28.5. The van der Waals surface area contributed by atoms with Gasteiger partial charge in [0.2, 0.25) is 0 Å². The highest BCUT2D eigenvalue weighted by molar-refractivity contribution is 9.10. The minimum absolute atomic E-state index is 0.00752. The van der Waals surface area contributed by atoms with E-state index in [1.807, 2.05) is 0 Å². The number of ether oxygens (including phenoxy) is 1. The molecule has 0 bridgehead atoms. The van der Waals surface area contributed by atoms with Crippen molar-refractivity contribution in [2.45, 2.75) is 13.2 Å². The van der Waals surface area contributed by atoms with Gasteiger partial charge in [-0.2, -0.15) is 8.78 Å². The predicted molar refractivity (Wildman–Crippen MR) is 46.7 cm³/mol. The maximum atomic E-state index is 11.8. The molecule has 2 nitrogen and oxygen atoms in total. The number of aliphatic hydroxyl groups excluding tert-OH is 1. The molecule has 13 heavy (non-hydrogen) atoms. The molecule has 72 valence electrons. The number of aliphatic hydroxyl groups is 1. The normalized spacial score (nSPS) is 10.5. The number of hydrogen-bond donors (Lipinski definition) is 1. The van der Waals surface area contributed by atoms with Crippen LogP contribution in [0.2, 0.25) is 0 Å². The van der Waals surface area contributed by atoms with E-state index in [9.17, 15) is 8.78 Å². The smallest absolute Gasteiger partial charge is 0.387 e. The van der Waals surface area contributed by atoms with E-state index >= 15 is 0 Å². The quantitative estimate of drug-likeness (QED) is 0.896. The first-order valence-electron chi connectivity index (χ1n) is 3.47. The minimum atomic E-state index is -2.88. The van der Waals surface area contributed by atoms with Gasteiger partial charge < -0.3 is 9.84 Å². The molecule has 0 saturated heterocycles. The third-order valence-electron chi connectivity index (χ3n) is 1.42. The second-order valence-corrected chi connectivity index (χ2v) is 3.20. The fraction of sp³-hybridized carbons (Fsp3) is 0.250. The van der Waals surface area contributed by atoms with Gasteiger partial charge in [0.15, 0.2) is 0 Å². The summed E-state index contributed by atoms with van der Waals surface area (Å²) in [6.07, 6.45) is 0. The van der Waals surface area contributed by atoms with E-state index in [4.69, 9.17) is 5.11 Å². The molecule has 1 aromatic rings. The molecule has 0 fully saturated rings. The lowest BCUT2D eigenvalue weighted by molar-refractivity contribution is -0.0509. The number of alkyl halides is 2. The van der Waals surface area contributed by atoms with Crippen molar-refractivity contribution in [1.82, 2.24) is 0 Å². The van der Waals surface area contributed by atoms with Crippen molar-refractivity contribution in [2.24, 2.45) is 0 Å². The summed E-state index contributed by atoms with van der Waals surface area (Å²) in [5.41, 5.74) is 0.337. The van der Waals surface area contributed by atoms with Gasteiger partial charge in [-0.15, -0.1) is 0 Å². The van der Waals surface area contributed by atoms with Gasteiger partial charge in [0.05, 0.1) is 6.61 Å². The highest BCUT2D eigenvalue weighted by Gasteiger charge is 2.09.